The fourth-order valence-corrected chi connectivity index (χ4v) is 3.58. The lowest BCUT2D eigenvalue weighted by atomic mass is 9.72. The fraction of sp³-hybridized carbons (Fsp3) is 0.364. The van der Waals surface area contributed by atoms with Gasteiger partial charge in [0.1, 0.15) is 11.5 Å². The quantitative estimate of drug-likeness (QED) is 0.199. The summed E-state index contributed by atoms with van der Waals surface area (Å²) in [5.74, 6) is -0.0997. The number of nitro groups is 2. The van der Waals surface area contributed by atoms with Crippen LogP contribution in [0.4, 0.5) is 21.0 Å². The van der Waals surface area contributed by atoms with Gasteiger partial charge in [0.15, 0.2) is 0 Å². The maximum atomic E-state index is 11.3. The lowest BCUT2D eigenvalue weighted by Crippen LogP contribution is -2.26. The third kappa shape index (κ3) is 6.18. The molecule has 0 radical (unpaired) electrons. The largest absolute Gasteiger partial charge is 0.511 e. The van der Waals surface area contributed by atoms with Crippen molar-refractivity contribution in [2.75, 3.05) is 0 Å². The number of carbonyl (C=O) groups is 2. The minimum absolute atomic E-state index is 0.0499. The number of hydrogen-bond acceptors (Lipinski definition) is 8. The number of ether oxygens (including phenoxy) is 2. The number of benzene rings is 2. The Bertz CT molecular complexity index is 1050. The molecule has 0 aromatic heterocycles. The first-order valence-corrected chi connectivity index (χ1v) is 10.0. The molecule has 0 spiro atoms. The summed E-state index contributed by atoms with van der Waals surface area (Å²) in [6.07, 6.45) is -2.49. The topological polar surface area (TPSA) is 179 Å². The Morgan fingerprint density at radius 3 is 1.35 bits per heavy atom. The van der Waals surface area contributed by atoms with Crippen LogP contribution in [-0.2, 0) is 10.8 Å². The molecular formula is C22H24N2O10. The van der Waals surface area contributed by atoms with E-state index in [1.807, 2.05) is 0 Å². The highest BCUT2D eigenvalue weighted by atomic mass is 16.7. The Hall–Kier alpha value is -4.22. The zero-order chi connectivity index (χ0) is 25.8. The van der Waals surface area contributed by atoms with Gasteiger partial charge in [-0.1, -0.05) is 27.7 Å². The predicted octanol–water partition coefficient (Wildman–Crippen LogP) is 5.65. The van der Waals surface area contributed by atoms with Crippen molar-refractivity contribution < 1.29 is 39.1 Å². The monoisotopic (exact) mass is 476 g/mol. The third-order valence-corrected chi connectivity index (χ3v) is 5.58. The highest BCUT2D eigenvalue weighted by Gasteiger charge is 2.33. The van der Waals surface area contributed by atoms with Gasteiger partial charge in [-0.05, 0) is 35.8 Å². The van der Waals surface area contributed by atoms with Gasteiger partial charge in [-0.2, -0.15) is 0 Å². The van der Waals surface area contributed by atoms with Gasteiger partial charge in [-0.25, -0.2) is 9.59 Å². The molecule has 0 atom stereocenters. The summed E-state index contributed by atoms with van der Waals surface area (Å²) in [6, 6.07) is 7.21. The highest BCUT2D eigenvalue weighted by Crippen LogP contribution is 2.43. The molecule has 0 aliphatic carbocycles. The van der Waals surface area contributed by atoms with E-state index in [1.165, 1.54) is 24.3 Å². The molecule has 0 bridgehead atoms. The summed E-state index contributed by atoms with van der Waals surface area (Å²) in [6.45, 7) is 7.00. The molecular weight excluding hydrogens is 452 g/mol. The minimum atomic E-state index is -1.57. The molecule has 12 heteroatoms. The Morgan fingerprint density at radius 1 is 0.765 bits per heavy atom. The smallest absolute Gasteiger partial charge is 0.449 e. The Morgan fingerprint density at radius 2 is 1.09 bits per heavy atom. The number of hydrogen-bond donors (Lipinski definition) is 2. The molecule has 34 heavy (non-hydrogen) atoms. The third-order valence-electron chi connectivity index (χ3n) is 5.58. The van der Waals surface area contributed by atoms with Gasteiger partial charge in [0.25, 0.3) is 11.4 Å². The van der Waals surface area contributed by atoms with E-state index in [0.717, 1.165) is 12.1 Å². The zero-order valence-corrected chi connectivity index (χ0v) is 18.9. The van der Waals surface area contributed by atoms with Crippen LogP contribution in [0.2, 0.25) is 0 Å². The summed E-state index contributed by atoms with van der Waals surface area (Å²) in [5.41, 5.74) is -1.56. The van der Waals surface area contributed by atoms with Crippen molar-refractivity contribution in [1.82, 2.24) is 0 Å². The van der Waals surface area contributed by atoms with Crippen molar-refractivity contribution in [3.05, 3.63) is 67.8 Å². The Kier molecular flexibility index (Phi) is 7.45. The molecule has 0 saturated carbocycles. The second-order valence-corrected chi connectivity index (χ2v) is 8.88. The van der Waals surface area contributed by atoms with E-state index in [9.17, 15) is 29.8 Å². The van der Waals surface area contributed by atoms with E-state index in [0.29, 0.717) is 24.0 Å². The van der Waals surface area contributed by atoms with Crippen LogP contribution in [-0.4, -0.2) is 32.4 Å². The van der Waals surface area contributed by atoms with Gasteiger partial charge in [0.2, 0.25) is 0 Å². The van der Waals surface area contributed by atoms with Crippen molar-refractivity contribution in [3.63, 3.8) is 0 Å². The number of nitrogens with zero attached hydrogens (tertiary/aromatic N) is 2. The molecule has 0 unspecified atom stereocenters. The van der Waals surface area contributed by atoms with Crippen LogP contribution < -0.4 is 9.47 Å². The lowest BCUT2D eigenvalue weighted by Gasteiger charge is -2.33. The van der Waals surface area contributed by atoms with E-state index in [4.69, 9.17) is 19.7 Å². The molecule has 2 N–H and O–H groups in total. The van der Waals surface area contributed by atoms with Crippen molar-refractivity contribution in [2.45, 2.75) is 51.4 Å². The van der Waals surface area contributed by atoms with E-state index in [-0.39, 0.29) is 22.9 Å². The molecule has 0 aliphatic rings. The maximum absolute atomic E-state index is 11.3. The van der Waals surface area contributed by atoms with Crippen LogP contribution in [0.1, 0.15) is 51.7 Å². The molecule has 2 aromatic carbocycles. The van der Waals surface area contributed by atoms with Gasteiger partial charge in [-0.15, -0.1) is 0 Å². The zero-order valence-electron chi connectivity index (χ0n) is 18.9. The summed E-state index contributed by atoms with van der Waals surface area (Å²) < 4.78 is 9.64. The van der Waals surface area contributed by atoms with Gasteiger partial charge < -0.3 is 19.7 Å². The summed E-state index contributed by atoms with van der Waals surface area (Å²) in [7, 11) is 0. The molecule has 2 aromatic rings. The van der Waals surface area contributed by atoms with E-state index in [2.05, 4.69) is 0 Å². The van der Waals surface area contributed by atoms with Crippen LogP contribution in [0.3, 0.4) is 0 Å². The number of rotatable bonds is 9. The van der Waals surface area contributed by atoms with Gasteiger partial charge in [0.05, 0.1) is 9.85 Å². The SMILES string of the molecule is CC(C)(CCC(C)(C)c1cc([N+](=O)[O-])ccc1OC(=O)O)c1cc([N+](=O)[O-])ccc1OC(=O)O. The van der Waals surface area contributed by atoms with Crippen molar-refractivity contribution in [3.8, 4) is 11.5 Å². The van der Waals surface area contributed by atoms with E-state index in [1.54, 1.807) is 27.7 Å². The standard InChI is InChI=1S/C22H24N2O10/c1-21(2,15-11-13(23(29)30)5-7-17(15)33-19(25)26)9-10-22(3,4)16-12-14(24(31)32)6-8-18(16)34-20(27)28/h5-8,11-12H,9-10H2,1-4H3,(H,25,26)(H,27,28). The molecule has 12 nitrogen and oxygen atoms in total. The van der Waals surface area contributed by atoms with Crippen LogP contribution >= 0.6 is 0 Å². The highest BCUT2D eigenvalue weighted by molar-refractivity contribution is 5.64. The van der Waals surface area contributed by atoms with Crippen LogP contribution in [0, 0.1) is 20.2 Å². The summed E-state index contributed by atoms with van der Waals surface area (Å²) >= 11 is 0. The Labute approximate surface area is 194 Å². The molecule has 182 valence electrons. The first-order chi connectivity index (χ1) is 15.6. The van der Waals surface area contributed by atoms with E-state index < -0.39 is 33.0 Å². The second-order valence-electron chi connectivity index (χ2n) is 8.88. The molecule has 0 saturated heterocycles. The fourth-order valence-electron chi connectivity index (χ4n) is 3.58. The second kappa shape index (κ2) is 9.73. The average Bonchev–Trinajstić information content (AvgIpc) is 2.71. The van der Waals surface area contributed by atoms with Crippen molar-refractivity contribution in [1.29, 1.82) is 0 Å². The van der Waals surface area contributed by atoms with Crippen LogP contribution in [0.15, 0.2) is 36.4 Å². The van der Waals surface area contributed by atoms with Crippen LogP contribution in [0.25, 0.3) is 0 Å². The van der Waals surface area contributed by atoms with Crippen LogP contribution in [0.5, 0.6) is 11.5 Å². The van der Waals surface area contributed by atoms with Crippen molar-refractivity contribution in [2.24, 2.45) is 0 Å². The average molecular weight is 476 g/mol. The lowest BCUT2D eigenvalue weighted by molar-refractivity contribution is -0.385. The normalized spacial score (nSPS) is 11.5. The van der Waals surface area contributed by atoms with Crippen molar-refractivity contribution >= 4 is 23.7 Å². The number of carboxylic acid groups (broad SMARTS) is 2. The first-order valence-electron chi connectivity index (χ1n) is 10.0. The number of nitro benzene ring substituents is 2. The number of non-ortho nitro benzene ring substituents is 2. The summed E-state index contributed by atoms with van der Waals surface area (Å²) in [4.78, 5) is 43.5. The molecule has 0 fully saturated rings. The summed E-state index contributed by atoms with van der Waals surface area (Å²) in [5, 5.41) is 40.6. The molecule has 2 rings (SSSR count). The molecule has 0 amide bonds. The predicted molar refractivity (Wildman–Crippen MR) is 119 cm³/mol. The maximum Gasteiger partial charge on any atom is 0.511 e. The molecule has 0 aliphatic heterocycles. The molecule has 0 heterocycles. The van der Waals surface area contributed by atoms with Gasteiger partial charge >= 0.3 is 12.3 Å². The Balaban J connectivity index is 2.45. The van der Waals surface area contributed by atoms with Gasteiger partial charge in [-0.3, -0.25) is 20.2 Å². The first kappa shape index (κ1) is 26.0. The minimum Gasteiger partial charge on any atom is -0.449 e. The van der Waals surface area contributed by atoms with Gasteiger partial charge in [0, 0.05) is 35.4 Å². The van der Waals surface area contributed by atoms with E-state index >= 15 is 0 Å².